The van der Waals surface area contributed by atoms with Crippen LogP contribution in [0.4, 0.5) is 17.8 Å². The van der Waals surface area contributed by atoms with E-state index in [-0.39, 0.29) is 18.1 Å². The maximum absolute atomic E-state index is 13.3. The van der Waals surface area contributed by atoms with Gasteiger partial charge in [-0.05, 0) is 55.9 Å². The predicted molar refractivity (Wildman–Crippen MR) is 159 cm³/mol. The summed E-state index contributed by atoms with van der Waals surface area (Å²) < 4.78 is 0. The minimum atomic E-state index is -0.938. The number of phenols is 1. The van der Waals surface area contributed by atoms with Crippen LogP contribution in [-0.4, -0.2) is 69.0 Å². The van der Waals surface area contributed by atoms with E-state index in [1.807, 2.05) is 42.5 Å². The van der Waals surface area contributed by atoms with E-state index in [0.717, 1.165) is 11.1 Å². The highest BCUT2D eigenvalue weighted by Gasteiger charge is 2.28. The quantitative estimate of drug-likeness (QED) is 0.216. The van der Waals surface area contributed by atoms with Gasteiger partial charge in [0.1, 0.15) is 23.9 Å². The fraction of sp³-hybridized carbons (Fsp3) is 0.379. The number of nitrogens with one attached hydrogen (secondary N) is 5. The van der Waals surface area contributed by atoms with Crippen LogP contribution in [0.2, 0.25) is 0 Å². The number of aromatic nitrogens is 3. The summed E-state index contributed by atoms with van der Waals surface area (Å²) in [6.07, 6.45) is 2.51. The van der Waals surface area contributed by atoms with Crippen LogP contribution in [0.1, 0.15) is 37.3 Å². The third kappa shape index (κ3) is 9.04. The second kappa shape index (κ2) is 14.6. The molecular formula is C29H37N9O4. The second-order valence-electron chi connectivity index (χ2n) is 10.2. The maximum atomic E-state index is 13.3. The number of benzene rings is 2. The first-order valence-corrected chi connectivity index (χ1v) is 14.0. The van der Waals surface area contributed by atoms with E-state index in [1.54, 1.807) is 19.1 Å². The van der Waals surface area contributed by atoms with Crippen molar-refractivity contribution in [3.8, 4) is 5.75 Å². The Balaban J connectivity index is 1.52. The molecule has 222 valence electrons. The van der Waals surface area contributed by atoms with Crippen molar-refractivity contribution in [1.82, 2.24) is 25.6 Å². The molecule has 0 radical (unpaired) electrons. The van der Waals surface area contributed by atoms with Crippen molar-refractivity contribution < 1.29 is 19.5 Å². The Kier molecular flexibility index (Phi) is 10.5. The summed E-state index contributed by atoms with van der Waals surface area (Å²) in [4.78, 5) is 51.9. The molecule has 3 aromatic rings. The summed E-state index contributed by atoms with van der Waals surface area (Å²) in [5, 5.41) is 24.4. The van der Waals surface area contributed by atoms with E-state index in [1.165, 1.54) is 0 Å². The third-order valence-corrected chi connectivity index (χ3v) is 6.79. The fourth-order valence-electron chi connectivity index (χ4n) is 4.43. The summed E-state index contributed by atoms with van der Waals surface area (Å²) in [5.74, 6) is -0.549. The van der Waals surface area contributed by atoms with Crippen molar-refractivity contribution in [1.29, 1.82) is 0 Å². The number of phenolic OH excluding ortho intramolecular Hbond substituents is 1. The van der Waals surface area contributed by atoms with Gasteiger partial charge in [0.2, 0.25) is 35.6 Å². The summed E-state index contributed by atoms with van der Waals surface area (Å²) >= 11 is 0. The van der Waals surface area contributed by atoms with Gasteiger partial charge in [-0.15, -0.1) is 0 Å². The lowest BCUT2D eigenvalue weighted by Gasteiger charge is -2.24. The molecule has 1 aliphatic heterocycles. The number of anilines is 3. The molecule has 0 saturated heterocycles. The molecule has 4 rings (SSSR count). The van der Waals surface area contributed by atoms with Gasteiger partial charge in [0.15, 0.2) is 0 Å². The van der Waals surface area contributed by atoms with Crippen molar-refractivity contribution >= 4 is 35.6 Å². The molecule has 3 amide bonds. The normalized spacial score (nSPS) is 19.9. The predicted octanol–water partition coefficient (Wildman–Crippen LogP) is 1.33. The van der Waals surface area contributed by atoms with Gasteiger partial charge in [0.25, 0.3) is 0 Å². The van der Waals surface area contributed by atoms with E-state index in [9.17, 15) is 19.5 Å². The average molecular weight is 576 g/mol. The van der Waals surface area contributed by atoms with E-state index in [2.05, 4.69) is 41.5 Å². The molecule has 0 fully saturated rings. The zero-order chi connectivity index (χ0) is 29.9. The summed E-state index contributed by atoms with van der Waals surface area (Å²) in [5.41, 5.74) is 7.47. The van der Waals surface area contributed by atoms with Crippen molar-refractivity contribution in [3.05, 3.63) is 65.7 Å². The molecular weight excluding hydrogens is 538 g/mol. The second-order valence-corrected chi connectivity index (χ2v) is 10.2. The minimum Gasteiger partial charge on any atom is -0.508 e. The molecule has 0 saturated carbocycles. The Bertz CT molecular complexity index is 1350. The molecule has 3 atom stereocenters. The highest BCUT2D eigenvalue weighted by Crippen LogP contribution is 2.14. The van der Waals surface area contributed by atoms with Gasteiger partial charge in [0, 0.05) is 19.5 Å². The van der Waals surface area contributed by atoms with Gasteiger partial charge in [-0.25, -0.2) is 0 Å². The van der Waals surface area contributed by atoms with E-state index in [4.69, 9.17) is 5.73 Å². The van der Waals surface area contributed by atoms with Crippen molar-refractivity contribution in [2.24, 2.45) is 5.73 Å². The van der Waals surface area contributed by atoms with Crippen LogP contribution in [0.3, 0.4) is 0 Å². The first kappa shape index (κ1) is 30.0. The zero-order valence-electron chi connectivity index (χ0n) is 23.5. The number of primary amides is 1. The molecule has 0 spiro atoms. The lowest BCUT2D eigenvalue weighted by atomic mass is 10.0. The van der Waals surface area contributed by atoms with Gasteiger partial charge in [-0.1, -0.05) is 42.5 Å². The number of hydrogen-bond donors (Lipinski definition) is 7. The highest BCUT2D eigenvalue weighted by molar-refractivity contribution is 5.93. The number of amides is 3. The van der Waals surface area contributed by atoms with E-state index < -0.39 is 35.8 Å². The number of aromatic hydroxyl groups is 1. The lowest BCUT2D eigenvalue weighted by molar-refractivity contribution is -0.131. The summed E-state index contributed by atoms with van der Waals surface area (Å²) in [7, 11) is 0. The van der Waals surface area contributed by atoms with Crippen molar-refractivity contribution in [2.45, 2.75) is 57.2 Å². The molecule has 1 aliphatic rings. The highest BCUT2D eigenvalue weighted by atomic mass is 16.3. The summed E-state index contributed by atoms with van der Waals surface area (Å²) in [6, 6.07) is 13.6. The molecule has 8 N–H and O–H groups in total. The maximum Gasteiger partial charge on any atom is 0.243 e. The van der Waals surface area contributed by atoms with Gasteiger partial charge in [0.05, 0.1) is 0 Å². The third-order valence-electron chi connectivity index (χ3n) is 6.79. The Morgan fingerprint density at radius 3 is 2.40 bits per heavy atom. The largest absolute Gasteiger partial charge is 0.508 e. The van der Waals surface area contributed by atoms with Crippen LogP contribution in [0.15, 0.2) is 54.6 Å². The average Bonchev–Trinajstić information content (AvgIpc) is 2.97. The number of hydrogen-bond acceptors (Lipinski definition) is 10. The molecule has 13 nitrogen and oxygen atoms in total. The standard InChI is InChI=1S/C29H37N9O4/c1-18-25(41)35-23(17-20-7-3-2-4-8-20)26(42)34-22(24(30)40)9-5-6-15-31-27-36-28(38-29(33-18)37-27)32-16-14-19-10-12-21(39)13-11-19/h2-4,7-8,10-13,18,22-23,39H,5-6,9,14-17H2,1H3,(H2,30,40)(H,34,42)(H,35,41)(H3,31,32,33,36,37,38)/t18-,22+,23-/m0/s1. The number of fused-ring (bicyclic) bond motifs is 2. The Morgan fingerprint density at radius 2 is 1.67 bits per heavy atom. The molecule has 2 aromatic carbocycles. The molecule has 1 aromatic heterocycles. The zero-order valence-corrected chi connectivity index (χ0v) is 23.5. The van der Waals surface area contributed by atoms with Crippen LogP contribution >= 0.6 is 0 Å². The molecule has 42 heavy (non-hydrogen) atoms. The molecule has 2 heterocycles. The molecule has 2 bridgehead atoms. The summed E-state index contributed by atoms with van der Waals surface area (Å²) in [6.45, 7) is 2.66. The molecule has 0 unspecified atom stereocenters. The van der Waals surface area contributed by atoms with Crippen LogP contribution < -0.4 is 32.3 Å². The lowest BCUT2D eigenvalue weighted by Crippen LogP contribution is -2.55. The van der Waals surface area contributed by atoms with Crippen LogP contribution in [0.25, 0.3) is 0 Å². The smallest absolute Gasteiger partial charge is 0.243 e. The van der Waals surface area contributed by atoms with E-state index >= 15 is 0 Å². The van der Waals surface area contributed by atoms with Gasteiger partial charge in [-0.3, -0.25) is 14.4 Å². The first-order valence-electron chi connectivity index (χ1n) is 14.0. The SMILES string of the molecule is C[C@@H]1Nc2nc(nc(NCCc3ccc(O)cc3)n2)NCCCC[C@H](C(N)=O)NC(=O)[C@H](Cc2ccccc2)NC1=O. The topological polar surface area (TPSA) is 196 Å². The van der Waals surface area contributed by atoms with Crippen molar-refractivity contribution in [3.63, 3.8) is 0 Å². The number of nitrogens with zero attached hydrogens (tertiary/aromatic N) is 3. The Labute approximate surface area is 244 Å². The molecule has 0 aliphatic carbocycles. The van der Waals surface area contributed by atoms with Gasteiger partial charge in [-0.2, -0.15) is 15.0 Å². The fourth-order valence-corrected chi connectivity index (χ4v) is 4.43. The van der Waals surface area contributed by atoms with Crippen LogP contribution in [0.5, 0.6) is 5.75 Å². The van der Waals surface area contributed by atoms with E-state index in [0.29, 0.717) is 50.7 Å². The number of carbonyl (C=O) groups excluding carboxylic acids is 3. The van der Waals surface area contributed by atoms with Crippen molar-refractivity contribution in [2.75, 3.05) is 29.0 Å². The monoisotopic (exact) mass is 575 g/mol. The Morgan fingerprint density at radius 1 is 0.929 bits per heavy atom. The van der Waals surface area contributed by atoms with Gasteiger partial charge >= 0.3 is 0 Å². The number of rotatable bonds is 7. The Hall–Kier alpha value is -4.94. The van der Waals surface area contributed by atoms with Crippen LogP contribution in [-0.2, 0) is 27.2 Å². The first-order chi connectivity index (χ1) is 20.3. The van der Waals surface area contributed by atoms with Crippen LogP contribution in [0, 0.1) is 0 Å². The van der Waals surface area contributed by atoms with Gasteiger partial charge < -0.3 is 37.4 Å². The number of carbonyl (C=O) groups is 3. The number of nitrogens with two attached hydrogens (primary N) is 1. The molecule has 13 heteroatoms. The minimum absolute atomic E-state index is 0.187.